The number of aromatic hydroxyl groups is 1. The Morgan fingerprint density at radius 1 is 1.33 bits per heavy atom. The molecule has 0 heterocycles. The zero-order chi connectivity index (χ0) is 13.3. The SMILES string of the molecule is CC1(C)CCCC1NCc1cc(F)c(O)c(F)c1. The van der Waals surface area contributed by atoms with Crippen LogP contribution in [0.1, 0.15) is 38.7 Å². The minimum atomic E-state index is -0.905. The van der Waals surface area contributed by atoms with Gasteiger partial charge in [-0.3, -0.25) is 0 Å². The summed E-state index contributed by atoms with van der Waals surface area (Å²) in [6.07, 6.45) is 3.45. The second-order valence-electron chi connectivity index (χ2n) is 5.72. The number of rotatable bonds is 3. The maximum Gasteiger partial charge on any atom is 0.187 e. The van der Waals surface area contributed by atoms with Crippen molar-refractivity contribution >= 4 is 0 Å². The predicted octanol–water partition coefficient (Wildman–Crippen LogP) is 3.34. The molecule has 2 rings (SSSR count). The molecule has 0 spiro atoms. The number of phenolic OH excluding ortho intramolecular Hbond substituents is 1. The highest BCUT2D eigenvalue weighted by Crippen LogP contribution is 2.37. The topological polar surface area (TPSA) is 32.3 Å². The number of phenols is 1. The average Bonchev–Trinajstić information content (AvgIpc) is 2.62. The smallest absolute Gasteiger partial charge is 0.187 e. The fourth-order valence-corrected chi connectivity index (χ4v) is 2.67. The van der Waals surface area contributed by atoms with Crippen LogP contribution in [0, 0.1) is 17.0 Å². The van der Waals surface area contributed by atoms with E-state index in [1.807, 2.05) is 0 Å². The highest BCUT2D eigenvalue weighted by Gasteiger charge is 2.33. The van der Waals surface area contributed by atoms with Crippen LogP contribution in [-0.4, -0.2) is 11.1 Å². The minimum absolute atomic E-state index is 0.230. The normalized spacial score (nSPS) is 22.3. The van der Waals surface area contributed by atoms with Crippen LogP contribution in [-0.2, 0) is 6.54 Å². The fourth-order valence-electron chi connectivity index (χ4n) is 2.67. The van der Waals surface area contributed by atoms with Gasteiger partial charge in [0, 0.05) is 12.6 Å². The highest BCUT2D eigenvalue weighted by molar-refractivity contribution is 5.30. The second-order valence-corrected chi connectivity index (χ2v) is 5.72. The number of benzene rings is 1. The van der Waals surface area contributed by atoms with Crippen molar-refractivity contribution in [2.75, 3.05) is 0 Å². The summed E-state index contributed by atoms with van der Waals surface area (Å²) in [6, 6.07) is 2.72. The Balaban J connectivity index is 2.03. The number of hydrogen-bond acceptors (Lipinski definition) is 2. The zero-order valence-corrected chi connectivity index (χ0v) is 10.8. The van der Waals surface area contributed by atoms with Crippen LogP contribution in [0.15, 0.2) is 12.1 Å². The molecule has 0 bridgehead atoms. The lowest BCUT2D eigenvalue weighted by Crippen LogP contribution is -2.37. The Kier molecular flexibility index (Phi) is 3.57. The van der Waals surface area contributed by atoms with E-state index in [9.17, 15) is 8.78 Å². The maximum atomic E-state index is 13.2. The van der Waals surface area contributed by atoms with Crippen molar-refractivity contribution in [3.63, 3.8) is 0 Å². The first-order valence-electron chi connectivity index (χ1n) is 6.30. The molecule has 4 heteroatoms. The van der Waals surface area contributed by atoms with E-state index in [4.69, 9.17) is 5.11 Å². The van der Waals surface area contributed by atoms with Gasteiger partial charge in [-0.15, -0.1) is 0 Å². The highest BCUT2D eigenvalue weighted by atomic mass is 19.1. The summed E-state index contributed by atoms with van der Waals surface area (Å²) >= 11 is 0. The first kappa shape index (κ1) is 13.3. The van der Waals surface area contributed by atoms with Gasteiger partial charge in [-0.1, -0.05) is 20.3 Å². The minimum Gasteiger partial charge on any atom is -0.503 e. The third kappa shape index (κ3) is 2.64. The number of nitrogens with one attached hydrogen (secondary N) is 1. The molecule has 18 heavy (non-hydrogen) atoms. The van der Waals surface area contributed by atoms with E-state index in [1.54, 1.807) is 0 Å². The van der Waals surface area contributed by atoms with E-state index in [0.717, 1.165) is 6.42 Å². The lowest BCUT2D eigenvalue weighted by Gasteiger charge is -2.28. The molecule has 1 aromatic rings. The fraction of sp³-hybridized carbons (Fsp3) is 0.571. The Hall–Kier alpha value is -1.16. The van der Waals surface area contributed by atoms with Gasteiger partial charge in [-0.05, 0) is 36.0 Å². The van der Waals surface area contributed by atoms with E-state index in [0.29, 0.717) is 18.2 Å². The van der Waals surface area contributed by atoms with Crippen LogP contribution < -0.4 is 5.32 Å². The molecule has 0 aromatic heterocycles. The first-order chi connectivity index (χ1) is 8.40. The van der Waals surface area contributed by atoms with Gasteiger partial charge < -0.3 is 10.4 Å². The van der Waals surface area contributed by atoms with Gasteiger partial charge in [0.15, 0.2) is 17.4 Å². The standard InChI is InChI=1S/C14H19F2NO/c1-14(2)5-3-4-12(14)17-8-9-6-10(15)13(18)11(16)7-9/h6-7,12,17-18H,3-5,8H2,1-2H3. The first-order valence-corrected chi connectivity index (χ1v) is 6.30. The second kappa shape index (κ2) is 4.84. The summed E-state index contributed by atoms with van der Waals surface area (Å²) in [6.45, 7) is 4.83. The molecule has 1 unspecified atom stereocenters. The predicted molar refractivity (Wildman–Crippen MR) is 66.3 cm³/mol. The van der Waals surface area contributed by atoms with E-state index in [1.165, 1.54) is 25.0 Å². The molecular formula is C14H19F2NO. The maximum absolute atomic E-state index is 13.2. The van der Waals surface area contributed by atoms with Crippen LogP contribution >= 0.6 is 0 Å². The van der Waals surface area contributed by atoms with Gasteiger partial charge in [0.05, 0.1) is 0 Å². The molecule has 2 N–H and O–H groups in total. The Morgan fingerprint density at radius 3 is 2.44 bits per heavy atom. The number of hydrogen-bond donors (Lipinski definition) is 2. The molecule has 100 valence electrons. The van der Waals surface area contributed by atoms with Crippen LogP contribution in [0.4, 0.5) is 8.78 Å². The van der Waals surface area contributed by atoms with Crippen molar-refractivity contribution in [2.24, 2.45) is 5.41 Å². The van der Waals surface area contributed by atoms with Gasteiger partial charge in [0.2, 0.25) is 0 Å². The van der Waals surface area contributed by atoms with Gasteiger partial charge in [-0.2, -0.15) is 0 Å². The zero-order valence-electron chi connectivity index (χ0n) is 10.8. The van der Waals surface area contributed by atoms with Crippen LogP contribution in [0.5, 0.6) is 5.75 Å². The van der Waals surface area contributed by atoms with Crippen LogP contribution in [0.3, 0.4) is 0 Å². The molecule has 1 aliphatic carbocycles. The van der Waals surface area contributed by atoms with Crippen molar-refractivity contribution in [3.05, 3.63) is 29.3 Å². The van der Waals surface area contributed by atoms with Gasteiger partial charge >= 0.3 is 0 Å². The monoisotopic (exact) mass is 255 g/mol. The molecule has 2 nitrogen and oxygen atoms in total. The molecule has 0 saturated heterocycles. The molecular weight excluding hydrogens is 236 g/mol. The Morgan fingerprint density at radius 2 is 1.94 bits per heavy atom. The molecule has 1 saturated carbocycles. The van der Waals surface area contributed by atoms with Gasteiger partial charge in [0.1, 0.15) is 0 Å². The van der Waals surface area contributed by atoms with Crippen molar-refractivity contribution in [1.82, 2.24) is 5.32 Å². The summed E-state index contributed by atoms with van der Waals surface area (Å²) in [5.41, 5.74) is 0.749. The van der Waals surface area contributed by atoms with Crippen molar-refractivity contribution in [2.45, 2.75) is 45.7 Å². The quantitative estimate of drug-likeness (QED) is 0.868. The van der Waals surface area contributed by atoms with Crippen LogP contribution in [0.25, 0.3) is 0 Å². The molecule has 1 aliphatic rings. The number of halogens is 2. The Bertz CT molecular complexity index is 422. The third-order valence-corrected chi connectivity index (χ3v) is 3.89. The lowest BCUT2D eigenvalue weighted by molar-refractivity contribution is 0.282. The van der Waals surface area contributed by atoms with E-state index in [2.05, 4.69) is 19.2 Å². The molecule has 1 fully saturated rings. The van der Waals surface area contributed by atoms with Gasteiger partial charge in [0.25, 0.3) is 0 Å². The summed E-state index contributed by atoms with van der Waals surface area (Å²) < 4.78 is 26.3. The summed E-state index contributed by atoms with van der Waals surface area (Å²) in [7, 11) is 0. The van der Waals surface area contributed by atoms with Crippen molar-refractivity contribution in [1.29, 1.82) is 0 Å². The third-order valence-electron chi connectivity index (χ3n) is 3.89. The average molecular weight is 255 g/mol. The molecule has 1 atom stereocenters. The summed E-state index contributed by atoms with van der Waals surface area (Å²) in [5, 5.41) is 12.4. The summed E-state index contributed by atoms with van der Waals surface area (Å²) in [4.78, 5) is 0. The van der Waals surface area contributed by atoms with Gasteiger partial charge in [-0.25, -0.2) is 8.78 Å². The molecule has 0 amide bonds. The molecule has 1 aromatic carbocycles. The largest absolute Gasteiger partial charge is 0.503 e. The van der Waals surface area contributed by atoms with Crippen molar-refractivity contribution in [3.8, 4) is 5.75 Å². The van der Waals surface area contributed by atoms with E-state index >= 15 is 0 Å². The van der Waals surface area contributed by atoms with Crippen LogP contribution in [0.2, 0.25) is 0 Å². The Labute approximate surface area is 106 Å². The lowest BCUT2D eigenvalue weighted by atomic mass is 9.87. The van der Waals surface area contributed by atoms with Crippen molar-refractivity contribution < 1.29 is 13.9 Å². The molecule has 0 aliphatic heterocycles. The summed E-state index contributed by atoms with van der Waals surface area (Å²) in [5.74, 6) is -2.71. The molecule has 0 radical (unpaired) electrons. The van der Waals surface area contributed by atoms with E-state index in [-0.39, 0.29) is 5.41 Å². The van der Waals surface area contributed by atoms with E-state index < -0.39 is 17.4 Å².